The van der Waals surface area contributed by atoms with E-state index in [0.717, 1.165) is 0 Å². The molecule has 0 saturated carbocycles. The summed E-state index contributed by atoms with van der Waals surface area (Å²) in [7, 11) is 0. The molecule has 3 heterocycles. The fourth-order valence-corrected chi connectivity index (χ4v) is 2.88. The molecule has 0 radical (unpaired) electrons. The molecule has 2 aromatic heterocycles. The smallest absolute Gasteiger partial charge is 0.280 e. The fraction of sp³-hybridized carbons (Fsp3) is 0.312. The number of azo groups is 1. The summed E-state index contributed by atoms with van der Waals surface area (Å²) in [5.74, 6) is -0.0339. The van der Waals surface area contributed by atoms with Gasteiger partial charge in [-0.3, -0.25) is 14.3 Å². The van der Waals surface area contributed by atoms with Crippen LogP contribution in [0.25, 0.3) is 11.2 Å². The summed E-state index contributed by atoms with van der Waals surface area (Å²) in [5.41, 5.74) is -0.0905. The van der Waals surface area contributed by atoms with Crippen molar-refractivity contribution in [2.75, 3.05) is 6.61 Å². The number of aromatic nitrogens is 4. The van der Waals surface area contributed by atoms with Gasteiger partial charge in [-0.25, -0.2) is 4.98 Å². The highest BCUT2D eigenvalue weighted by atomic mass is 16.6. The zero-order valence-corrected chi connectivity index (χ0v) is 14.2. The Labute approximate surface area is 156 Å². The quantitative estimate of drug-likeness (QED) is 0.383. The number of nitrogens with zero attached hydrogens (tertiary/aromatic N) is 5. The normalized spacial score (nSPS) is 25.1. The number of hydrogen-bond donors (Lipinski definition) is 5. The van der Waals surface area contributed by atoms with Gasteiger partial charge in [-0.2, -0.15) is 4.98 Å². The standard InChI is InChI=1S/C16H16N6O6/c23-5-9-11(25)12(26)15(28-9)22-6-17-10-13(22)18-16(19-14(10)27)21-20-7-1-3-8(24)4-2-7/h1-4,6,9,11-12,15,23-26H,5H2,(H,18,19,27)/t9?,11-,12-,15?/m1/s1. The summed E-state index contributed by atoms with van der Waals surface area (Å²) >= 11 is 0. The number of nitrogens with one attached hydrogen (secondary N) is 1. The van der Waals surface area contributed by atoms with E-state index in [1.807, 2.05) is 0 Å². The van der Waals surface area contributed by atoms with E-state index in [0.29, 0.717) is 5.69 Å². The second-order valence-electron chi connectivity index (χ2n) is 6.16. The first-order valence-electron chi connectivity index (χ1n) is 8.28. The zero-order valence-electron chi connectivity index (χ0n) is 14.2. The summed E-state index contributed by atoms with van der Waals surface area (Å²) in [6.45, 7) is -0.485. The Morgan fingerprint density at radius 3 is 2.61 bits per heavy atom. The first-order chi connectivity index (χ1) is 13.5. The Hall–Kier alpha value is -3.19. The van der Waals surface area contributed by atoms with Gasteiger partial charge < -0.3 is 25.2 Å². The number of ether oxygens (including phenoxy) is 1. The van der Waals surface area contributed by atoms with E-state index in [4.69, 9.17) is 4.74 Å². The Morgan fingerprint density at radius 2 is 1.93 bits per heavy atom. The maximum absolute atomic E-state index is 12.3. The number of benzene rings is 1. The predicted octanol–water partition coefficient (Wildman–Crippen LogP) is -0.148. The van der Waals surface area contributed by atoms with E-state index in [9.17, 15) is 25.2 Å². The Balaban J connectivity index is 1.71. The van der Waals surface area contributed by atoms with Gasteiger partial charge in [0.2, 0.25) is 0 Å². The number of phenols is 1. The molecule has 0 amide bonds. The van der Waals surface area contributed by atoms with Crippen LogP contribution in [-0.2, 0) is 4.74 Å². The van der Waals surface area contributed by atoms with Crippen molar-refractivity contribution in [2.45, 2.75) is 24.5 Å². The molecular weight excluding hydrogens is 372 g/mol. The molecule has 1 aromatic carbocycles. The maximum atomic E-state index is 12.3. The lowest BCUT2D eigenvalue weighted by atomic mass is 10.1. The molecule has 3 aromatic rings. The third-order valence-electron chi connectivity index (χ3n) is 4.32. The van der Waals surface area contributed by atoms with E-state index in [1.54, 1.807) is 0 Å². The molecule has 0 spiro atoms. The molecule has 146 valence electrons. The monoisotopic (exact) mass is 388 g/mol. The first-order valence-corrected chi connectivity index (χ1v) is 8.28. The Bertz CT molecular complexity index is 1080. The Morgan fingerprint density at radius 1 is 1.18 bits per heavy atom. The molecular formula is C16H16N6O6. The van der Waals surface area contributed by atoms with Crippen molar-refractivity contribution in [3.05, 3.63) is 40.9 Å². The summed E-state index contributed by atoms with van der Waals surface area (Å²) in [6, 6.07) is 5.92. The minimum atomic E-state index is -1.35. The first kappa shape index (κ1) is 18.2. The second-order valence-corrected chi connectivity index (χ2v) is 6.16. The van der Waals surface area contributed by atoms with Gasteiger partial charge in [-0.15, -0.1) is 10.2 Å². The molecule has 12 heteroatoms. The van der Waals surface area contributed by atoms with Crippen molar-refractivity contribution < 1.29 is 25.2 Å². The number of rotatable bonds is 4. The molecule has 0 aliphatic carbocycles. The number of aliphatic hydroxyl groups is 3. The average Bonchev–Trinajstić information content (AvgIpc) is 3.23. The van der Waals surface area contributed by atoms with Crippen LogP contribution in [0.2, 0.25) is 0 Å². The number of aromatic hydroxyl groups is 1. The Kier molecular flexibility index (Phi) is 4.60. The van der Waals surface area contributed by atoms with Gasteiger partial charge in [-0.1, -0.05) is 0 Å². The third kappa shape index (κ3) is 3.14. The van der Waals surface area contributed by atoms with Crippen molar-refractivity contribution >= 4 is 22.8 Å². The molecule has 1 aliphatic rings. The van der Waals surface area contributed by atoms with Crippen LogP contribution >= 0.6 is 0 Å². The number of aromatic amines is 1. The van der Waals surface area contributed by atoms with Crippen molar-refractivity contribution in [1.29, 1.82) is 0 Å². The molecule has 4 atom stereocenters. The van der Waals surface area contributed by atoms with Gasteiger partial charge in [0.05, 0.1) is 18.6 Å². The highest BCUT2D eigenvalue weighted by Gasteiger charge is 2.44. The van der Waals surface area contributed by atoms with Crippen molar-refractivity contribution in [2.24, 2.45) is 10.2 Å². The topological polar surface area (TPSA) is 178 Å². The number of hydrogen-bond acceptors (Lipinski definition) is 10. The summed E-state index contributed by atoms with van der Waals surface area (Å²) in [5, 5.41) is 46.4. The number of aliphatic hydroxyl groups excluding tert-OH is 3. The molecule has 2 unspecified atom stereocenters. The number of fused-ring (bicyclic) bond motifs is 1. The van der Waals surface area contributed by atoms with Crippen LogP contribution in [0.15, 0.2) is 45.6 Å². The zero-order chi connectivity index (χ0) is 19.8. The molecule has 1 aliphatic heterocycles. The third-order valence-corrected chi connectivity index (χ3v) is 4.32. The lowest BCUT2D eigenvalue weighted by Gasteiger charge is -2.16. The number of phenolic OH excluding ortho intramolecular Hbond substituents is 1. The van der Waals surface area contributed by atoms with Gasteiger partial charge in [0.25, 0.3) is 11.5 Å². The van der Waals surface area contributed by atoms with Gasteiger partial charge in [-0.05, 0) is 24.3 Å². The molecule has 5 N–H and O–H groups in total. The summed E-state index contributed by atoms with van der Waals surface area (Å²) in [4.78, 5) is 22.8. The fourth-order valence-electron chi connectivity index (χ4n) is 2.88. The van der Waals surface area contributed by atoms with E-state index in [2.05, 4.69) is 25.2 Å². The summed E-state index contributed by atoms with van der Waals surface area (Å²) < 4.78 is 6.74. The van der Waals surface area contributed by atoms with Crippen molar-refractivity contribution in [3.8, 4) is 5.75 Å². The molecule has 0 bridgehead atoms. The van der Waals surface area contributed by atoms with Gasteiger partial charge in [0.1, 0.15) is 24.1 Å². The largest absolute Gasteiger partial charge is 0.508 e. The predicted molar refractivity (Wildman–Crippen MR) is 93.4 cm³/mol. The minimum absolute atomic E-state index is 0.0127. The van der Waals surface area contributed by atoms with Crippen LogP contribution < -0.4 is 5.56 Å². The molecule has 4 rings (SSSR count). The van der Waals surface area contributed by atoms with Crippen LogP contribution in [0.3, 0.4) is 0 Å². The van der Waals surface area contributed by atoms with E-state index in [1.165, 1.54) is 35.2 Å². The van der Waals surface area contributed by atoms with Crippen LogP contribution in [-0.4, -0.2) is 64.9 Å². The van der Waals surface area contributed by atoms with E-state index < -0.39 is 36.7 Å². The molecule has 12 nitrogen and oxygen atoms in total. The lowest BCUT2D eigenvalue weighted by Crippen LogP contribution is -2.33. The minimum Gasteiger partial charge on any atom is -0.508 e. The second kappa shape index (κ2) is 7.09. The number of imidazole rings is 1. The maximum Gasteiger partial charge on any atom is 0.280 e. The van der Waals surface area contributed by atoms with Crippen molar-refractivity contribution in [3.63, 3.8) is 0 Å². The van der Waals surface area contributed by atoms with Gasteiger partial charge in [0, 0.05) is 0 Å². The molecule has 28 heavy (non-hydrogen) atoms. The highest BCUT2D eigenvalue weighted by molar-refractivity contribution is 5.70. The van der Waals surface area contributed by atoms with Crippen LogP contribution in [0.4, 0.5) is 11.6 Å². The lowest BCUT2D eigenvalue weighted by molar-refractivity contribution is -0.0511. The SMILES string of the molecule is O=c1[nH]c(N=Nc2ccc(O)cc2)nc2c1ncn2C1OC(CO)[C@@H](O)[C@H]1O. The van der Waals surface area contributed by atoms with E-state index in [-0.39, 0.29) is 22.9 Å². The average molecular weight is 388 g/mol. The van der Waals surface area contributed by atoms with Crippen molar-refractivity contribution in [1.82, 2.24) is 19.5 Å². The molecule has 1 saturated heterocycles. The summed E-state index contributed by atoms with van der Waals surface area (Å²) in [6.07, 6.45) is -3.48. The van der Waals surface area contributed by atoms with Gasteiger partial charge >= 0.3 is 0 Å². The van der Waals surface area contributed by atoms with Crippen LogP contribution in [0.1, 0.15) is 6.23 Å². The van der Waals surface area contributed by atoms with Crippen LogP contribution in [0, 0.1) is 0 Å². The molecule has 1 fully saturated rings. The van der Waals surface area contributed by atoms with Gasteiger partial charge in [0.15, 0.2) is 17.4 Å². The highest BCUT2D eigenvalue weighted by Crippen LogP contribution is 2.31. The van der Waals surface area contributed by atoms with Crippen LogP contribution in [0.5, 0.6) is 5.75 Å². The number of H-pyrrole nitrogens is 1. The van der Waals surface area contributed by atoms with E-state index >= 15 is 0 Å².